The van der Waals surface area contributed by atoms with E-state index in [1.54, 1.807) is 6.08 Å². The van der Waals surface area contributed by atoms with Crippen molar-refractivity contribution in [3.05, 3.63) is 57.4 Å². The van der Waals surface area contributed by atoms with Crippen molar-refractivity contribution in [1.82, 2.24) is 4.90 Å². The van der Waals surface area contributed by atoms with E-state index in [9.17, 15) is 14.4 Å². The lowest BCUT2D eigenvalue weighted by Crippen LogP contribution is -2.38. The number of halogens is 1. The molecule has 0 bridgehead atoms. The molecule has 0 spiro atoms. The number of hydrogen-bond acceptors (Lipinski definition) is 7. The average Bonchev–Trinajstić information content (AvgIpc) is 3.07. The first-order valence-electron chi connectivity index (χ1n) is 10.8. The molecule has 10 heteroatoms. The number of nitrogens with one attached hydrogen (secondary N) is 1. The normalized spacial score (nSPS) is 17.4. The van der Waals surface area contributed by atoms with Crippen LogP contribution >= 0.6 is 27.7 Å². The summed E-state index contributed by atoms with van der Waals surface area (Å²) >= 11 is 4.37. The summed E-state index contributed by atoms with van der Waals surface area (Å²) < 4.78 is 6.29. The Morgan fingerprint density at radius 1 is 1.18 bits per heavy atom. The monoisotopic (exact) mass is 544 g/mol. The minimum absolute atomic E-state index is 0.288. The van der Waals surface area contributed by atoms with Crippen molar-refractivity contribution in [2.75, 3.05) is 62.1 Å². The number of hydrogen-bond donors (Lipinski definition) is 1. The van der Waals surface area contributed by atoms with E-state index in [1.165, 1.54) is 0 Å². The zero-order chi connectivity index (χ0) is 24.2. The molecule has 4 rings (SSSR count). The van der Waals surface area contributed by atoms with E-state index in [1.807, 2.05) is 61.5 Å². The quantitative estimate of drug-likeness (QED) is 0.549. The topological polar surface area (TPSA) is 82.2 Å². The third-order valence-electron chi connectivity index (χ3n) is 5.46. The second-order valence-electron chi connectivity index (χ2n) is 8.04. The summed E-state index contributed by atoms with van der Waals surface area (Å²) in [6, 6.07) is 13.2. The van der Waals surface area contributed by atoms with Gasteiger partial charge in [0.05, 0.1) is 35.2 Å². The summed E-state index contributed by atoms with van der Waals surface area (Å²) in [6.07, 6.45) is 1.67. The van der Waals surface area contributed by atoms with Crippen molar-refractivity contribution >= 4 is 67.9 Å². The highest BCUT2D eigenvalue weighted by Gasteiger charge is 2.36. The zero-order valence-electron chi connectivity index (χ0n) is 18.9. The lowest BCUT2D eigenvalue weighted by atomic mass is 10.2. The van der Waals surface area contributed by atoms with Crippen LogP contribution in [0, 0.1) is 0 Å². The zero-order valence-corrected chi connectivity index (χ0v) is 21.3. The molecular formula is C24H25BrN4O4S. The largest absolute Gasteiger partial charge is 0.378 e. The van der Waals surface area contributed by atoms with Crippen LogP contribution in [-0.4, -0.2) is 68.9 Å². The molecule has 0 atom stereocenters. The van der Waals surface area contributed by atoms with Gasteiger partial charge in [-0.15, -0.1) is 0 Å². The Hall–Kier alpha value is -2.82. The number of carbonyl (C=O) groups is 3. The Balaban J connectivity index is 1.44. The van der Waals surface area contributed by atoms with Crippen LogP contribution < -0.4 is 15.1 Å². The number of benzene rings is 2. The predicted molar refractivity (Wildman–Crippen MR) is 139 cm³/mol. The van der Waals surface area contributed by atoms with Crippen LogP contribution in [0.4, 0.5) is 21.9 Å². The van der Waals surface area contributed by atoms with E-state index in [4.69, 9.17) is 4.74 Å². The number of imide groups is 1. The van der Waals surface area contributed by atoms with Gasteiger partial charge in [-0.1, -0.05) is 18.2 Å². The number of rotatable bonds is 6. The molecule has 8 nitrogen and oxygen atoms in total. The SMILES string of the molecule is CN(C)c1ccc(/C=C2\SC(=O)N(CC(=O)Nc3ccccc3N3CCOCC3)C2=O)cc1Br. The van der Waals surface area contributed by atoms with Crippen LogP contribution in [0.25, 0.3) is 6.08 Å². The van der Waals surface area contributed by atoms with Crippen LogP contribution in [0.5, 0.6) is 0 Å². The Kier molecular flexibility index (Phi) is 7.60. The van der Waals surface area contributed by atoms with Gasteiger partial charge >= 0.3 is 0 Å². The van der Waals surface area contributed by atoms with E-state index in [-0.39, 0.29) is 11.4 Å². The van der Waals surface area contributed by atoms with Gasteiger partial charge in [0.25, 0.3) is 11.1 Å². The first-order chi connectivity index (χ1) is 16.3. The highest BCUT2D eigenvalue weighted by atomic mass is 79.9. The molecule has 0 unspecified atom stereocenters. The number of ether oxygens (including phenoxy) is 1. The number of nitrogens with zero attached hydrogens (tertiary/aromatic N) is 3. The molecule has 0 radical (unpaired) electrons. The third kappa shape index (κ3) is 5.45. The number of thioether (sulfide) groups is 1. The Labute approximate surface area is 211 Å². The van der Waals surface area contributed by atoms with E-state index in [0.29, 0.717) is 18.9 Å². The molecule has 2 aromatic rings. The number of anilines is 3. The molecule has 1 N–H and O–H groups in total. The Morgan fingerprint density at radius 2 is 1.91 bits per heavy atom. The molecule has 178 valence electrons. The van der Waals surface area contributed by atoms with E-state index in [0.717, 1.165) is 51.2 Å². The summed E-state index contributed by atoms with van der Waals surface area (Å²) in [5.41, 5.74) is 3.31. The minimum Gasteiger partial charge on any atom is -0.378 e. The molecular weight excluding hydrogens is 520 g/mol. The van der Waals surface area contributed by atoms with Gasteiger partial charge in [-0.2, -0.15) is 0 Å². The van der Waals surface area contributed by atoms with Crippen LogP contribution in [0.1, 0.15) is 5.56 Å². The van der Waals surface area contributed by atoms with Gasteiger partial charge in [-0.05, 0) is 63.6 Å². The summed E-state index contributed by atoms with van der Waals surface area (Å²) in [5, 5.41) is 2.40. The summed E-state index contributed by atoms with van der Waals surface area (Å²) in [5.74, 6) is -0.901. The van der Waals surface area contributed by atoms with Gasteiger partial charge in [0, 0.05) is 31.7 Å². The molecule has 2 heterocycles. The molecule has 2 aliphatic rings. The molecule has 34 heavy (non-hydrogen) atoms. The maximum atomic E-state index is 12.9. The van der Waals surface area contributed by atoms with Gasteiger partial charge in [0.1, 0.15) is 6.54 Å². The van der Waals surface area contributed by atoms with Crippen LogP contribution in [0.3, 0.4) is 0 Å². The number of carbonyl (C=O) groups excluding carboxylic acids is 3. The molecule has 2 saturated heterocycles. The highest BCUT2D eigenvalue weighted by molar-refractivity contribution is 9.10. The van der Waals surface area contributed by atoms with Crippen molar-refractivity contribution in [3.63, 3.8) is 0 Å². The van der Waals surface area contributed by atoms with Gasteiger partial charge in [0.15, 0.2) is 0 Å². The van der Waals surface area contributed by atoms with Crippen molar-refractivity contribution < 1.29 is 19.1 Å². The standard InChI is InChI=1S/C24H25BrN4O4S/c1-27(2)19-8-7-16(13-17(19)25)14-21-23(31)29(24(32)34-21)15-22(30)26-18-5-3-4-6-20(18)28-9-11-33-12-10-28/h3-8,13-14H,9-12,15H2,1-2H3,(H,26,30)/b21-14-. The van der Waals surface area contributed by atoms with Crippen LogP contribution in [0.15, 0.2) is 51.8 Å². The summed E-state index contributed by atoms with van der Waals surface area (Å²) in [4.78, 5) is 43.5. The Bertz CT molecular complexity index is 1150. The Morgan fingerprint density at radius 3 is 2.62 bits per heavy atom. The van der Waals surface area contributed by atoms with Crippen LogP contribution in [0.2, 0.25) is 0 Å². The highest BCUT2D eigenvalue weighted by Crippen LogP contribution is 2.34. The van der Waals surface area contributed by atoms with Crippen LogP contribution in [-0.2, 0) is 14.3 Å². The second kappa shape index (κ2) is 10.6. The maximum Gasteiger partial charge on any atom is 0.294 e. The van der Waals surface area contributed by atoms with Crippen molar-refractivity contribution in [1.29, 1.82) is 0 Å². The van der Waals surface area contributed by atoms with Crippen molar-refractivity contribution in [2.45, 2.75) is 0 Å². The lowest BCUT2D eigenvalue weighted by molar-refractivity contribution is -0.127. The third-order valence-corrected chi connectivity index (χ3v) is 7.00. The summed E-state index contributed by atoms with van der Waals surface area (Å²) in [7, 11) is 3.88. The van der Waals surface area contributed by atoms with Gasteiger partial charge < -0.3 is 19.9 Å². The fourth-order valence-corrected chi connectivity index (χ4v) is 5.35. The fourth-order valence-electron chi connectivity index (χ4n) is 3.76. The van der Waals surface area contributed by atoms with E-state index < -0.39 is 17.1 Å². The predicted octanol–water partition coefficient (Wildman–Crippen LogP) is 4.03. The van der Waals surface area contributed by atoms with E-state index >= 15 is 0 Å². The lowest BCUT2D eigenvalue weighted by Gasteiger charge is -2.30. The maximum absolute atomic E-state index is 12.9. The molecule has 2 aromatic carbocycles. The molecule has 2 aliphatic heterocycles. The smallest absolute Gasteiger partial charge is 0.294 e. The second-order valence-corrected chi connectivity index (χ2v) is 9.89. The molecule has 3 amide bonds. The fraction of sp³-hybridized carbons (Fsp3) is 0.292. The average molecular weight is 545 g/mol. The van der Waals surface area contributed by atoms with Gasteiger partial charge in [0.2, 0.25) is 5.91 Å². The molecule has 2 fully saturated rings. The molecule has 0 aliphatic carbocycles. The molecule has 0 saturated carbocycles. The minimum atomic E-state index is -0.473. The van der Waals surface area contributed by atoms with Crippen molar-refractivity contribution in [2.24, 2.45) is 0 Å². The number of morpholine rings is 1. The number of para-hydroxylation sites is 2. The first-order valence-corrected chi connectivity index (χ1v) is 12.4. The van der Waals surface area contributed by atoms with E-state index in [2.05, 4.69) is 26.1 Å². The van der Waals surface area contributed by atoms with Gasteiger partial charge in [-0.3, -0.25) is 19.3 Å². The number of amides is 3. The molecule has 0 aromatic heterocycles. The van der Waals surface area contributed by atoms with Gasteiger partial charge in [-0.25, -0.2) is 0 Å². The summed E-state index contributed by atoms with van der Waals surface area (Å²) in [6.45, 7) is 2.36. The first kappa shape index (κ1) is 24.3. The van der Waals surface area contributed by atoms with Crippen molar-refractivity contribution in [3.8, 4) is 0 Å².